The molecule has 2 aromatic rings. The average molecular weight is 703 g/mol. The first kappa shape index (κ1) is 40.9. The van der Waals surface area contributed by atoms with E-state index in [9.17, 15) is 43.5 Å². The molecule has 2 rings (SSSR count). The number of carbonyl (C=O) groups excluding carboxylic acids is 6. The molecule has 1 heterocycles. The third-order valence-corrected chi connectivity index (χ3v) is 7.32. The molecule has 50 heavy (non-hydrogen) atoms. The highest BCUT2D eigenvalue weighted by Crippen LogP contribution is 2.21. The topological polar surface area (TPSA) is 262 Å². The molecule has 1 aromatic carbocycles. The minimum atomic E-state index is -1.50. The van der Waals surface area contributed by atoms with Gasteiger partial charge in [0.25, 0.3) is 0 Å². The molecule has 0 aliphatic rings. The van der Waals surface area contributed by atoms with Gasteiger partial charge in [0.05, 0.1) is 19.6 Å². The van der Waals surface area contributed by atoms with Crippen molar-refractivity contribution in [3.63, 3.8) is 0 Å². The lowest BCUT2D eigenvalue weighted by molar-refractivity contribution is -0.138. The quantitative estimate of drug-likeness (QED) is 0.0663. The molecule has 0 spiro atoms. The number of hydrogen-bond acceptors (Lipinski definition) is 10. The minimum absolute atomic E-state index is 0.0624. The molecular formula is C33H46N6O11. The standard InChI is InChI=1S/C33H46N6O11/c1-18(2)13-24(36-20(4)41)31(47)35-16-28(43)38-25(17-40)33(49)39-23(7-5-6-12-34-27(42)10-11-29(44)45)32(48)37-21-8-9-22-19(3)14-30(46)50-26(22)15-21/h8-9,14-15,18,23-25,40H,5-7,10-13,16-17H2,1-4H3,(H,34,42)(H,35,47)(H,36,41)(H,37,48)(H,38,43)(H,39,49)(H,44,45)/t23-,24-,25-/m0/s1. The summed E-state index contributed by atoms with van der Waals surface area (Å²) in [5.74, 6) is -4.89. The molecule has 6 amide bonds. The molecule has 0 saturated heterocycles. The number of fused-ring (bicyclic) bond motifs is 1. The summed E-state index contributed by atoms with van der Waals surface area (Å²) in [6.07, 6.45) is 0.567. The van der Waals surface area contributed by atoms with Gasteiger partial charge in [0, 0.05) is 43.1 Å². The van der Waals surface area contributed by atoms with Crippen molar-refractivity contribution in [3.8, 4) is 0 Å². The number of carboxylic acid groups (broad SMARTS) is 1. The van der Waals surface area contributed by atoms with E-state index in [0.29, 0.717) is 30.2 Å². The zero-order valence-corrected chi connectivity index (χ0v) is 28.6. The predicted molar refractivity (Wildman–Crippen MR) is 181 cm³/mol. The van der Waals surface area contributed by atoms with Crippen LogP contribution < -0.4 is 37.5 Å². The number of aliphatic hydroxyl groups excluding tert-OH is 1. The van der Waals surface area contributed by atoms with E-state index in [0.717, 1.165) is 0 Å². The minimum Gasteiger partial charge on any atom is -0.481 e. The van der Waals surface area contributed by atoms with Gasteiger partial charge in [-0.15, -0.1) is 0 Å². The van der Waals surface area contributed by atoms with Crippen molar-refractivity contribution in [2.75, 3.05) is 25.0 Å². The lowest BCUT2D eigenvalue weighted by Gasteiger charge is -2.23. The molecule has 274 valence electrons. The molecular weight excluding hydrogens is 656 g/mol. The monoisotopic (exact) mass is 702 g/mol. The van der Waals surface area contributed by atoms with Crippen molar-refractivity contribution < 1.29 is 48.2 Å². The average Bonchev–Trinajstić information content (AvgIpc) is 3.03. The van der Waals surface area contributed by atoms with Crippen LogP contribution in [0.25, 0.3) is 11.0 Å². The maximum absolute atomic E-state index is 13.4. The summed E-state index contributed by atoms with van der Waals surface area (Å²) < 4.78 is 5.24. The van der Waals surface area contributed by atoms with Crippen molar-refractivity contribution in [2.45, 2.75) is 84.3 Å². The van der Waals surface area contributed by atoms with Crippen LogP contribution in [0.5, 0.6) is 0 Å². The lowest BCUT2D eigenvalue weighted by atomic mass is 10.0. The molecule has 0 unspecified atom stereocenters. The number of unbranched alkanes of at least 4 members (excludes halogenated alkanes) is 1. The molecule has 0 saturated carbocycles. The second kappa shape index (κ2) is 20.3. The fourth-order valence-corrected chi connectivity index (χ4v) is 4.86. The smallest absolute Gasteiger partial charge is 0.336 e. The number of aliphatic hydroxyl groups is 1. The largest absolute Gasteiger partial charge is 0.481 e. The maximum Gasteiger partial charge on any atom is 0.336 e. The number of aliphatic carboxylic acids is 1. The molecule has 1 aromatic heterocycles. The van der Waals surface area contributed by atoms with E-state index in [1.807, 2.05) is 13.8 Å². The zero-order chi connectivity index (χ0) is 37.4. The van der Waals surface area contributed by atoms with Crippen molar-refractivity contribution in [3.05, 3.63) is 40.2 Å². The SMILES string of the molecule is CC(=O)N[C@@H](CC(C)C)C(=O)NCC(=O)N[C@@H](CO)C(=O)N[C@@H](CCCCNC(=O)CCC(=O)O)C(=O)Nc1ccc2c(C)cc(=O)oc2c1. The number of amides is 6. The number of benzene rings is 1. The fourth-order valence-electron chi connectivity index (χ4n) is 4.86. The van der Waals surface area contributed by atoms with Crippen molar-refractivity contribution in [2.24, 2.45) is 5.92 Å². The lowest BCUT2D eigenvalue weighted by Crippen LogP contribution is -2.56. The molecule has 0 bridgehead atoms. The van der Waals surface area contributed by atoms with E-state index in [-0.39, 0.29) is 43.0 Å². The third kappa shape index (κ3) is 14.4. The molecule has 8 N–H and O–H groups in total. The molecule has 0 fully saturated rings. The van der Waals surface area contributed by atoms with Gasteiger partial charge in [-0.1, -0.05) is 13.8 Å². The summed E-state index contributed by atoms with van der Waals surface area (Å²) in [5, 5.41) is 34.3. The maximum atomic E-state index is 13.4. The van der Waals surface area contributed by atoms with Gasteiger partial charge < -0.3 is 46.5 Å². The Morgan fingerprint density at radius 3 is 2.18 bits per heavy atom. The number of aryl methyl sites for hydroxylation is 1. The summed E-state index contributed by atoms with van der Waals surface area (Å²) in [5.41, 5.74) is 0.598. The van der Waals surface area contributed by atoms with Crippen LogP contribution in [-0.4, -0.2) is 89.4 Å². The van der Waals surface area contributed by atoms with Crippen molar-refractivity contribution >= 4 is 58.1 Å². The molecule has 0 aliphatic heterocycles. The Balaban J connectivity index is 2.09. The van der Waals surface area contributed by atoms with Crippen LogP contribution >= 0.6 is 0 Å². The summed E-state index contributed by atoms with van der Waals surface area (Å²) >= 11 is 0. The molecule has 17 nitrogen and oxygen atoms in total. The number of nitrogens with one attached hydrogen (secondary N) is 6. The third-order valence-electron chi connectivity index (χ3n) is 7.32. The first-order valence-corrected chi connectivity index (χ1v) is 16.2. The highest BCUT2D eigenvalue weighted by molar-refractivity contribution is 6.00. The highest BCUT2D eigenvalue weighted by atomic mass is 16.4. The van der Waals surface area contributed by atoms with Crippen LogP contribution in [0.3, 0.4) is 0 Å². The number of anilines is 1. The number of carboxylic acids is 1. The fraction of sp³-hybridized carbons (Fsp3) is 0.515. The highest BCUT2D eigenvalue weighted by Gasteiger charge is 2.27. The molecule has 17 heteroatoms. The van der Waals surface area contributed by atoms with E-state index < -0.39 is 78.3 Å². The zero-order valence-electron chi connectivity index (χ0n) is 28.6. The van der Waals surface area contributed by atoms with Gasteiger partial charge in [-0.2, -0.15) is 0 Å². The Bertz CT molecular complexity index is 1610. The van der Waals surface area contributed by atoms with Crippen molar-refractivity contribution in [1.29, 1.82) is 0 Å². The molecule has 0 aliphatic carbocycles. The predicted octanol–water partition coefficient (Wildman–Crippen LogP) is -0.180. The van der Waals surface area contributed by atoms with Gasteiger partial charge in [0.1, 0.15) is 23.7 Å². The Labute approximate surface area is 288 Å². The van der Waals surface area contributed by atoms with Crippen LogP contribution in [0.4, 0.5) is 5.69 Å². The van der Waals surface area contributed by atoms with Gasteiger partial charge in [-0.05, 0) is 56.2 Å². The number of rotatable bonds is 20. The molecule has 0 radical (unpaired) electrons. The first-order chi connectivity index (χ1) is 23.6. The second-order valence-electron chi connectivity index (χ2n) is 12.2. The van der Waals surface area contributed by atoms with Crippen LogP contribution in [0.1, 0.15) is 64.9 Å². The van der Waals surface area contributed by atoms with Gasteiger partial charge in [0.2, 0.25) is 35.4 Å². The van der Waals surface area contributed by atoms with E-state index >= 15 is 0 Å². The van der Waals surface area contributed by atoms with E-state index in [1.165, 1.54) is 19.1 Å². The van der Waals surface area contributed by atoms with Crippen LogP contribution in [0.15, 0.2) is 33.5 Å². The normalized spacial score (nSPS) is 12.7. The Morgan fingerprint density at radius 1 is 0.820 bits per heavy atom. The first-order valence-electron chi connectivity index (χ1n) is 16.2. The Kier molecular flexibility index (Phi) is 16.5. The van der Waals surface area contributed by atoms with E-state index in [1.54, 1.807) is 19.1 Å². The Morgan fingerprint density at radius 2 is 1.54 bits per heavy atom. The van der Waals surface area contributed by atoms with Gasteiger partial charge in [-0.25, -0.2) is 4.79 Å². The van der Waals surface area contributed by atoms with Gasteiger partial charge in [0.15, 0.2) is 0 Å². The van der Waals surface area contributed by atoms with Crippen LogP contribution in [0.2, 0.25) is 0 Å². The van der Waals surface area contributed by atoms with Crippen LogP contribution in [-0.2, 0) is 33.6 Å². The summed E-state index contributed by atoms with van der Waals surface area (Å²) in [6, 6.07) is 2.46. The second-order valence-corrected chi connectivity index (χ2v) is 12.2. The van der Waals surface area contributed by atoms with Crippen molar-refractivity contribution in [1.82, 2.24) is 26.6 Å². The summed E-state index contributed by atoms with van der Waals surface area (Å²) in [4.78, 5) is 97.6. The van der Waals surface area contributed by atoms with Gasteiger partial charge >= 0.3 is 11.6 Å². The number of hydrogen-bond donors (Lipinski definition) is 8. The molecule has 3 atom stereocenters. The van der Waals surface area contributed by atoms with E-state index in [2.05, 4.69) is 31.9 Å². The number of carbonyl (C=O) groups is 7. The summed E-state index contributed by atoms with van der Waals surface area (Å²) in [7, 11) is 0. The summed E-state index contributed by atoms with van der Waals surface area (Å²) in [6.45, 7) is 5.50. The Hall–Kier alpha value is -5.32. The van der Waals surface area contributed by atoms with Crippen LogP contribution in [0, 0.1) is 12.8 Å². The van der Waals surface area contributed by atoms with Gasteiger partial charge in [-0.3, -0.25) is 33.6 Å². The van der Waals surface area contributed by atoms with E-state index in [4.69, 9.17) is 9.52 Å².